The van der Waals surface area contributed by atoms with Crippen LogP contribution in [0, 0.1) is 0 Å². The Kier molecular flexibility index (Phi) is 3.87. The number of para-hydroxylation sites is 2. The molecule has 2 aromatic rings. The van der Waals surface area contributed by atoms with E-state index in [1.54, 1.807) is 0 Å². The zero-order chi connectivity index (χ0) is 14.9. The second-order valence-corrected chi connectivity index (χ2v) is 6.19. The molecular weight excluding hydrogens is 266 g/mol. The second kappa shape index (κ2) is 5.66. The van der Waals surface area contributed by atoms with Crippen molar-refractivity contribution in [3.05, 3.63) is 24.3 Å². The molecular formula is C16H23N3O2. The van der Waals surface area contributed by atoms with E-state index in [0.29, 0.717) is 12.1 Å². The normalized spacial score (nSPS) is 18.6. The summed E-state index contributed by atoms with van der Waals surface area (Å²) in [5, 5.41) is 13.3. The van der Waals surface area contributed by atoms with E-state index < -0.39 is 0 Å². The molecule has 0 saturated carbocycles. The van der Waals surface area contributed by atoms with Crippen LogP contribution in [-0.4, -0.2) is 41.4 Å². The predicted octanol–water partition coefficient (Wildman–Crippen LogP) is 2.16. The first-order chi connectivity index (χ1) is 10.1. The molecule has 1 aromatic heterocycles. The van der Waals surface area contributed by atoms with Crippen molar-refractivity contribution in [2.24, 2.45) is 0 Å². The van der Waals surface area contributed by atoms with E-state index >= 15 is 0 Å². The van der Waals surface area contributed by atoms with Crippen LogP contribution in [-0.2, 0) is 0 Å². The van der Waals surface area contributed by atoms with E-state index in [9.17, 15) is 5.11 Å². The van der Waals surface area contributed by atoms with E-state index in [1.165, 1.54) is 0 Å². The molecule has 5 heteroatoms. The summed E-state index contributed by atoms with van der Waals surface area (Å²) in [4.78, 5) is 6.71. The van der Waals surface area contributed by atoms with E-state index in [-0.39, 0.29) is 12.1 Å². The molecule has 114 valence electrons. The number of aliphatic hydroxyl groups excluding tert-OH is 1. The summed E-state index contributed by atoms with van der Waals surface area (Å²) in [6, 6.07) is 8.88. The molecule has 0 amide bonds. The van der Waals surface area contributed by atoms with Gasteiger partial charge in [-0.2, -0.15) is 4.98 Å². The lowest BCUT2D eigenvalue weighted by atomic mass is 9.87. The molecule has 0 spiro atoms. The van der Waals surface area contributed by atoms with E-state index in [4.69, 9.17) is 4.42 Å². The lowest BCUT2D eigenvalue weighted by Crippen LogP contribution is -2.57. The maximum absolute atomic E-state index is 9.74. The molecule has 0 unspecified atom stereocenters. The number of nitrogens with one attached hydrogen (secondary N) is 1. The molecule has 1 aliphatic rings. The summed E-state index contributed by atoms with van der Waals surface area (Å²) < 4.78 is 5.82. The van der Waals surface area contributed by atoms with Gasteiger partial charge in [-0.1, -0.05) is 26.0 Å². The van der Waals surface area contributed by atoms with Gasteiger partial charge in [-0.3, -0.25) is 0 Å². The molecule has 0 bridgehead atoms. The van der Waals surface area contributed by atoms with Gasteiger partial charge in [0.15, 0.2) is 5.58 Å². The van der Waals surface area contributed by atoms with Crippen LogP contribution in [0.4, 0.5) is 6.01 Å². The van der Waals surface area contributed by atoms with Gasteiger partial charge in [0.1, 0.15) is 5.52 Å². The van der Waals surface area contributed by atoms with Crippen LogP contribution in [0.25, 0.3) is 11.1 Å². The number of nitrogens with zero attached hydrogens (tertiary/aromatic N) is 2. The highest BCUT2D eigenvalue weighted by atomic mass is 16.4. The van der Waals surface area contributed by atoms with Gasteiger partial charge >= 0.3 is 0 Å². The highest BCUT2D eigenvalue weighted by molar-refractivity contribution is 5.74. The maximum atomic E-state index is 9.74. The van der Waals surface area contributed by atoms with Gasteiger partial charge in [-0.15, -0.1) is 0 Å². The Bertz CT molecular complexity index is 567. The van der Waals surface area contributed by atoms with E-state index in [2.05, 4.69) is 29.0 Å². The maximum Gasteiger partial charge on any atom is 0.298 e. The first kappa shape index (κ1) is 14.4. The molecule has 1 saturated heterocycles. The van der Waals surface area contributed by atoms with Crippen molar-refractivity contribution < 1.29 is 9.52 Å². The Labute approximate surface area is 125 Å². The zero-order valence-corrected chi connectivity index (χ0v) is 12.7. The average molecular weight is 289 g/mol. The van der Waals surface area contributed by atoms with Gasteiger partial charge in [0.25, 0.3) is 6.01 Å². The molecule has 0 aliphatic carbocycles. The zero-order valence-electron chi connectivity index (χ0n) is 12.7. The van der Waals surface area contributed by atoms with Crippen molar-refractivity contribution in [1.82, 2.24) is 10.3 Å². The van der Waals surface area contributed by atoms with Crippen LogP contribution < -0.4 is 10.2 Å². The summed E-state index contributed by atoms with van der Waals surface area (Å²) in [5.41, 5.74) is 1.55. The monoisotopic (exact) mass is 289 g/mol. The van der Waals surface area contributed by atoms with Crippen LogP contribution >= 0.6 is 0 Å². The van der Waals surface area contributed by atoms with Gasteiger partial charge in [-0.05, 0) is 25.0 Å². The number of aliphatic hydroxyl groups is 1. The van der Waals surface area contributed by atoms with Gasteiger partial charge in [0, 0.05) is 24.7 Å². The van der Waals surface area contributed by atoms with Gasteiger partial charge in [-0.25, -0.2) is 0 Å². The fraction of sp³-hybridized carbons (Fsp3) is 0.562. The Hall–Kier alpha value is -1.59. The Morgan fingerprint density at radius 3 is 2.67 bits per heavy atom. The van der Waals surface area contributed by atoms with Gasteiger partial charge < -0.3 is 19.7 Å². The Morgan fingerprint density at radius 1 is 1.33 bits per heavy atom. The van der Waals surface area contributed by atoms with Crippen LogP contribution in [0.3, 0.4) is 0 Å². The predicted molar refractivity (Wildman–Crippen MR) is 83.5 cm³/mol. The van der Waals surface area contributed by atoms with Crippen molar-refractivity contribution in [2.45, 2.75) is 38.3 Å². The molecule has 1 fully saturated rings. The first-order valence-corrected chi connectivity index (χ1v) is 7.61. The van der Waals surface area contributed by atoms with Crippen molar-refractivity contribution in [2.75, 3.05) is 24.6 Å². The summed E-state index contributed by atoms with van der Waals surface area (Å²) in [6.07, 6.45) is 1.78. The molecule has 21 heavy (non-hydrogen) atoms. The van der Waals surface area contributed by atoms with Crippen molar-refractivity contribution >= 4 is 17.1 Å². The highest BCUT2D eigenvalue weighted by Crippen LogP contribution is 2.28. The van der Waals surface area contributed by atoms with Crippen molar-refractivity contribution in [3.8, 4) is 0 Å². The minimum atomic E-state index is -0.170. The first-order valence-electron chi connectivity index (χ1n) is 7.61. The van der Waals surface area contributed by atoms with Crippen LogP contribution in [0.1, 0.15) is 26.7 Å². The Balaban J connectivity index is 1.72. The van der Waals surface area contributed by atoms with Gasteiger partial charge in [0.2, 0.25) is 0 Å². The van der Waals surface area contributed by atoms with E-state index in [1.807, 2.05) is 24.3 Å². The van der Waals surface area contributed by atoms with Crippen molar-refractivity contribution in [3.63, 3.8) is 0 Å². The standard InChI is InChI=1S/C16H23N3O2/c1-12(2)18-16(11-20)7-9-19(10-8-16)15-17-13-5-3-4-6-14(13)21-15/h3-6,12,18,20H,7-11H2,1-2H3. The average Bonchev–Trinajstić information content (AvgIpc) is 2.91. The minimum absolute atomic E-state index is 0.170. The number of aromatic nitrogens is 1. The third kappa shape index (κ3) is 2.89. The largest absolute Gasteiger partial charge is 0.423 e. The topological polar surface area (TPSA) is 61.5 Å². The quantitative estimate of drug-likeness (QED) is 0.903. The number of piperidine rings is 1. The minimum Gasteiger partial charge on any atom is -0.423 e. The lowest BCUT2D eigenvalue weighted by molar-refractivity contribution is 0.124. The third-order valence-corrected chi connectivity index (χ3v) is 4.17. The number of anilines is 1. The molecule has 0 atom stereocenters. The number of fused-ring (bicyclic) bond motifs is 1. The van der Waals surface area contributed by atoms with Gasteiger partial charge in [0.05, 0.1) is 6.61 Å². The molecule has 2 N–H and O–H groups in total. The fourth-order valence-electron chi connectivity index (χ4n) is 3.08. The SMILES string of the molecule is CC(C)NC1(CO)CCN(c2nc3ccccc3o2)CC1. The molecule has 3 rings (SSSR count). The van der Waals surface area contributed by atoms with Crippen molar-refractivity contribution in [1.29, 1.82) is 0 Å². The number of rotatable bonds is 4. The van der Waals surface area contributed by atoms with Crippen LogP contribution in [0.2, 0.25) is 0 Å². The molecule has 0 radical (unpaired) electrons. The number of oxazole rings is 1. The molecule has 2 heterocycles. The summed E-state index contributed by atoms with van der Waals surface area (Å²) in [5.74, 6) is 0. The lowest BCUT2D eigenvalue weighted by Gasteiger charge is -2.42. The molecule has 5 nitrogen and oxygen atoms in total. The third-order valence-electron chi connectivity index (χ3n) is 4.17. The summed E-state index contributed by atoms with van der Waals surface area (Å²) in [6.45, 7) is 6.09. The smallest absolute Gasteiger partial charge is 0.298 e. The highest BCUT2D eigenvalue weighted by Gasteiger charge is 2.35. The second-order valence-electron chi connectivity index (χ2n) is 6.19. The van der Waals surface area contributed by atoms with Crippen LogP contribution in [0.15, 0.2) is 28.7 Å². The molecule has 1 aliphatic heterocycles. The molecule has 1 aromatic carbocycles. The number of benzene rings is 1. The number of hydrogen-bond donors (Lipinski definition) is 2. The fourth-order valence-corrected chi connectivity index (χ4v) is 3.08. The van der Waals surface area contributed by atoms with Crippen LogP contribution in [0.5, 0.6) is 0 Å². The summed E-state index contributed by atoms with van der Waals surface area (Å²) in [7, 11) is 0. The summed E-state index contributed by atoms with van der Waals surface area (Å²) >= 11 is 0. The van der Waals surface area contributed by atoms with E-state index in [0.717, 1.165) is 37.0 Å². The number of hydrogen-bond acceptors (Lipinski definition) is 5. The Morgan fingerprint density at radius 2 is 2.05 bits per heavy atom.